The number of aromatic nitrogens is 4. The normalized spacial score (nSPS) is 10.7. The molecule has 2 aromatic heterocycles. The first-order valence-electron chi connectivity index (χ1n) is 8.38. The highest BCUT2D eigenvalue weighted by atomic mass is 16.6. The van der Waals surface area contributed by atoms with E-state index in [0.717, 1.165) is 11.3 Å². The van der Waals surface area contributed by atoms with E-state index in [2.05, 4.69) is 15.2 Å². The predicted molar refractivity (Wildman–Crippen MR) is 97.2 cm³/mol. The maximum absolute atomic E-state index is 12.7. The van der Waals surface area contributed by atoms with E-state index in [1.165, 1.54) is 0 Å². The van der Waals surface area contributed by atoms with Crippen LogP contribution in [-0.4, -0.2) is 25.9 Å². The fourth-order valence-electron chi connectivity index (χ4n) is 2.64. The summed E-state index contributed by atoms with van der Waals surface area (Å²) in [6, 6.07) is 20.8. The van der Waals surface area contributed by atoms with E-state index in [9.17, 15) is 4.79 Å². The summed E-state index contributed by atoms with van der Waals surface area (Å²) in [5, 5.41) is 8.28. The second kappa shape index (κ2) is 7.25. The van der Waals surface area contributed by atoms with Crippen LogP contribution in [0.1, 0.15) is 22.2 Å². The molecule has 2 aromatic carbocycles. The number of esters is 1. The van der Waals surface area contributed by atoms with Gasteiger partial charge >= 0.3 is 5.97 Å². The summed E-state index contributed by atoms with van der Waals surface area (Å²) >= 11 is 0. The minimum Gasteiger partial charge on any atom is -0.451 e. The van der Waals surface area contributed by atoms with Crippen molar-refractivity contribution < 1.29 is 14.1 Å². The lowest BCUT2D eigenvalue weighted by atomic mass is 10.1. The number of carbonyl (C=O) groups is 1. The lowest BCUT2D eigenvalue weighted by Gasteiger charge is -2.06. The van der Waals surface area contributed by atoms with Gasteiger partial charge in [-0.25, -0.2) is 9.48 Å². The Hall–Kier alpha value is -3.74. The van der Waals surface area contributed by atoms with Crippen molar-refractivity contribution in [2.45, 2.75) is 13.5 Å². The molecule has 0 radical (unpaired) electrons. The van der Waals surface area contributed by atoms with Gasteiger partial charge in [-0.15, -0.1) is 0 Å². The molecule has 0 spiro atoms. The largest absolute Gasteiger partial charge is 0.451 e. The second-order valence-electron chi connectivity index (χ2n) is 5.84. The van der Waals surface area contributed by atoms with Gasteiger partial charge in [0.25, 0.3) is 5.89 Å². The number of aryl methyl sites for hydroxylation is 1. The zero-order chi connectivity index (χ0) is 18.6. The van der Waals surface area contributed by atoms with Crippen LogP contribution in [0.3, 0.4) is 0 Å². The van der Waals surface area contributed by atoms with Crippen molar-refractivity contribution in [3.8, 4) is 16.9 Å². The minimum absolute atomic E-state index is 0.0969. The van der Waals surface area contributed by atoms with Crippen LogP contribution in [0.4, 0.5) is 0 Å². The third kappa shape index (κ3) is 3.62. The van der Waals surface area contributed by atoms with Gasteiger partial charge in [-0.1, -0.05) is 53.7 Å². The molecule has 0 aliphatic carbocycles. The molecule has 0 aliphatic heterocycles. The third-order valence-electron chi connectivity index (χ3n) is 3.89. The fourth-order valence-corrected chi connectivity index (χ4v) is 2.64. The predicted octanol–water partition coefficient (Wildman–Crippen LogP) is 3.59. The van der Waals surface area contributed by atoms with E-state index < -0.39 is 5.97 Å². The van der Waals surface area contributed by atoms with Crippen molar-refractivity contribution in [2.24, 2.45) is 0 Å². The summed E-state index contributed by atoms with van der Waals surface area (Å²) in [6.07, 6.45) is 0. The minimum atomic E-state index is -0.524. The summed E-state index contributed by atoms with van der Waals surface area (Å²) in [6.45, 7) is 1.60. The monoisotopic (exact) mass is 360 g/mol. The second-order valence-corrected chi connectivity index (χ2v) is 5.84. The third-order valence-corrected chi connectivity index (χ3v) is 3.89. The van der Waals surface area contributed by atoms with Gasteiger partial charge in [0.15, 0.2) is 18.1 Å². The van der Waals surface area contributed by atoms with Gasteiger partial charge in [0.05, 0.1) is 11.4 Å². The molecule has 4 aromatic rings. The Morgan fingerprint density at radius 2 is 1.78 bits per heavy atom. The molecule has 4 rings (SSSR count). The van der Waals surface area contributed by atoms with E-state index in [1.54, 1.807) is 17.7 Å². The zero-order valence-corrected chi connectivity index (χ0v) is 14.6. The van der Waals surface area contributed by atoms with Crippen LogP contribution in [0.25, 0.3) is 16.9 Å². The van der Waals surface area contributed by atoms with Crippen LogP contribution >= 0.6 is 0 Å². The number of hydrogen-bond acceptors (Lipinski definition) is 6. The lowest BCUT2D eigenvalue weighted by Crippen LogP contribution is -2.12. The number of carbonyl (C=O) groups excluding carboxylic acids is 1. The Kier molecular flexibility index (Phi) is 4.49. The highest BCUT2D eigenvalue weighted by Crippen LogP contribution is 2.22. The topological polar surface area (TPSA) is 83.0 Å². The molecule has 7 heteroatoms. The van der Waals surface area contributed by atoms with E-state index in [-0.39, 0.29) is 12.5 Å². The van der Waals surface area contributed by atoms with E-state index >= 15 is 0 Å². The Labute approximate surface area is 155 Å². The van der Waals surface area contributed by atoms with Crippen molar-refractivity contribution in [3.63, 3.8) is 0 Å². The van der Waals surface area contributed by atoms with Crippen molar-refractivity contribution in [1.82, 2.24) is 19.9 Å². The molecular formula is C20H16N4O3. The molecule has 0 fully saturated rings. The van der Waals surface area contributed by atoms with Crippen molar-refractivity contribution in [3.05, 3.63) is 84.1 Å². The molecule has 0 N–H and O–H groups in total. The van der Waals surface area contributed by atoms with Crippen LogP contribution in [-0.2, 0) is 11.3 Å². The van der Waals surface area contributed by atoms with Crippen LogP contribution in [0.15, 0.2) is 71.3 Å². The van der Waals surface area contributed by atoms with Gasteiger partial charge in [0, 0.05) is 5.56 Å². The molecule has 27 heavy (non-hydrogen) atoms. The highest BCUT2D eigenvalue weighted by molar-refractivity contribution is 5.89. The average molecular weight is 360 g/mol. The summed E-state index contributed by atoms with van der Waals surface area (Å²) in [5.74, 6) is 0.209. The van der Waals surface area contributed by atoms with Gasteiger partial charge in [-0.2, -0.15) is 10.1 Å². The van der Waals surface area contributed by atoms with Gasteiger partial charge in [0.1, 0.15) is 0 Å². The molecule has 134 valence electrons. The average Bonchev–Trinajstić information content (AvgIpc) is 3.34. The fraction of sp³-hybridized carbons (Fsp3) is 0.100. The number of benzene rings is 2. The summed E-state index contributed by atoms with van der Waals surface area (Å²) in [5.41, 5.74) is 2.67. The quantitative estimate of drug-likeness (QED) is 0.506. The molecule has 0 unspecified atom stereocenters. The van der Waals surface area contributed by atoms with Crippen LogP contribution in [0.5, 0.6) is 0 Å². The number of para-hydroxylation sites is 1. The molecule has 0 aliphatic rings. The molecule has 0 saturated carbocycles. The number of nitrogens with zero attached hydrogens (tertiary/aromatic N) is 4. The molecular weight excluding hydrogens is 344 g/mol. The Bertz CT molecular complexity index is 1060. The SMILES string of the molecule is Cc1noc(COC(=O)c2cc(-c3ccccc3)nn2-c2ccccc2)n1. The van der Waals surface area contributed by atoms with E-state index in [0.29, 0.717) is 17.2 Å². The van der Waals surface area contributed by atoms with Crippen LogP contribution in [0.2, 0.25) is 0 Å². The number of rotatable bonds is 5. The zero-order valence-electron chi connectivity index (χ0n) is 14.6. The molecule has 7 nitrogen and oxygen atoms in total. The van der Waals surface area contributed by atoms with E-state index in [4.69, 9.17) is 9.26 Å². The first-order chi connectivity index (χ1) is 13.2. The molecule has 0 bridgehead atoms. The summed E-state index contributed by atoms with van der Waals surface area (Å²) < 4.78 is 11.9. The van der Waals surface area contributed by atoms with Crippen molar-refractivity contribution in [2.75, 3.05) is 0 Å². The number of hydrogen-bond donors (Lipinski definition) is 0. The molecule has 0 amide bonds. The smallest absolute Gasteiger partial charge is 0.357 e. The standard InChI is InChI=1S/C20H16N4O3/c1-14-21-19(27-23-14)13-26-20(25)18-12-17(15-8-4-2-5-9-15)22-24(18)16-10-6-3-7-11-16/h2-12H,13H2,1H3. The maximum Gasteiger partial charge on any atom is 0.357 e. The Morgan fingerprint density at radius 3 is 2.44 bits per heavy atom. The Morgan fingerprint density at radius 1 is 1.07 bits per heavy atom. The van der Waals surface area contributed by atoms with Crippen LogP contribution < -0.4 is 0 Å². The first-order valence-corrected chi connectivity index (χ1v) is 8.38. The summed E-state index contributed by atoms with van der Waals surface area (Å²) in [4.78, 5) is 16.7. The molecule has 0 atom stereocenters. The molecule has 2 heterocycles. The lowest BCUT2D eigenvalue weighted by molar-refractivity contribution is 0.0419. The van der Waals surface area contributed by atoms with Gasteiger partial charge in [-0.3, -0.25) is 0 Å². The summed E-state index contributed by atoms with van der Waals surface area (Å²) in [7, 11) is 0. The van der Waals surface area contributed by atoms with Gasteiger partial charge < -0.3 is 9.26 Å². The van der Waals surface area contributed by atoms with Crippen molar-refractivity contribution >= 4 is 5.97 Å². The maximum atomic E-state index is 12.7. The number of ether oxygens (including phenoxy) is 1. The Balaban J connectivity index is 1.67. The first kappa shape index (κ1) is 16.7. The van der Waals surface area contributed by atoms with Crippen molar-refractivity contribution in [1.29, 1.82) is 0 Å². The van der Waals surface area contributed by atoms with Gasteiger partial charge in [-0.05, 0) is 25.1 Å². The highest BCUT2D eigenvalue weighted by Gasteiger charge is 2.19. The molecule has 0 saturated heterocycles. The van der Waals surface area contributed by atoms with Gasteiger partial charge in [0.2, 0.25) is 0 Å². The van der Waals surface area contributed by atoms with E-state index in [1.807, 2.05) is 60.7 Å². The van der Waals surface area contributed by atoms with Crippen LogP contribution in [0, 0.1) is 6.92 Å².